The number of carbonyl (C=O) groups is 1. The van der Waals surface area contributed by atoms with E-state index in [4.69, 9.17) is 11.6 Å². The molecule has 0 amide bonds. The molecule has 11 heteroatoms. The van der Waals surface area contributed by atoms with Gasteiger partial charge in [-0.3, -0.25) is 4.79 Å². The molecule has 1 heterocycles. The molecule has 150 valence electrons. The van der Waals surface area contributed by atoms with Crippen LogP contribution in [0, 0.1) is 4.91 Å². The first kappa shape index (κ1) is 22.1. The monoisotopic (exact) mass is 435 g/mol. The topological polar surface area (TPSA) is 116 Å². The molecular formula is C16H22ClN3O5S2. The van der Waals surface area contributed by atoms with Gasteiger partial charge in [0.05, 0.1) is 9.77 Å². The van der Waals surface area contributed by atoms with Crippen molar-refractivity contribution in [3.8, 4) is 0 Å². The molecule has 0 aromatic heterocycles. The Hall–Kier alpha value is -1.20. The van der Waals surface area contributed by atoms with Crippen LogP contribution in [0.5, 0.6) is 0 Å². The molecule has 1 fully saturated rings. The zero-order valence-electron chi connectivity index (χ0n) is 15.0. The van der Waals surface area contributed by atoms with E-state index < -0.39 is 26.3 Å². The van der Waals surface area contributed by atoms with Crippen molar-refractivity contribution in [2.45, 2.75) is 41.4 Å². The van der Waals surface area contributed by atoms with Gasteiger partial charge in [-0.1, -0.05) is 30.7 Å². The second-order valence-corrected chi connectivity index (χ2v) is 9.73. The molecule has 0 bridgehead atoms. The van der Waals surface area contributed by atoms with Crippen LogP contribution in [-0.4, -0.2) is 54.8 Å². The maximum absolute atomic E-state index is 13.0. The summed E-state index contributed by atoms with van der Waals surface area (Å²) in [5, 5.41) is 10.1. The Morgan fingerprint density at radius 2 is 2.00 bits per heavy atom. The van der Waals surface area contributed by atoms with Crippen LogP contribution in [0.25, 0.3) is 0 Å². The van der Waals surface area contributed by atoms with E-state index in [0.717, 1.165) is 0 Å². The molecule has 1 aromatic carbocycles. The number of carboxylic acids is 1. The average Bonchev–Trinajstić information content (AvgIpc) is 2.62. The minimum atomic E-state index is -4.26. The van der Waals surface area contributed by atoms with E-state index >= 15 is 0 Å². The van der Waals surface area contributed by atoms with E-state index in [1.165, 1.54) is 18.2 Å². The maximum Gasteiger partial charge on any atom is 0.326 e. The molecule has 1 saturated heterocycles. The molecule has 1 aromatic rings. The van der Waals surface area contributed by atoms with Crippen LogP contribution in [0.2, 0.25) is 5.02 Å². The predicted molar refractivity (Wildman–Crippen MR) is 105 cm³/mol. The molecule has 2 N–H and O–H groups in total. The SMILES string of the molecule is CCC(NS(=O)(=O)c1ccccc1Cl)(C(=O)O)C1(SN=O)CCN(C)CC1. The smallest absolute Gasteiger partial charge is 0.326 e. The van der Waals surface area contributed by atoms with Crippen molar-refractivity contribution in [1.29, 1.82) is 0 Å². The molecule has 1 atom stereocenters. The highest BCUT2D eigenvalue weighted by Gasteiger charge is 2.59. The molecule has 0 radical (unpaired) electrons. The van der Waals surface area contributed by atoms with Crippen molar-refractivity contribution in [3.05, 3.63) is 34.2 Å². The zero-order valence-corrected chi connectivity index (χ0v) is 17.4. The Morgan fingerprint density at radius 1 is 1.41 bits per heavy atom. The van der Waals surface area contributed by atoms with Crippen molar-refractivity contribution in [3.63, 3.8) is 0 Å². The maximum atomic E-state index is 13.0. The summed E-state index contributed by atoms with van der Waals surface area (Å²) in [7, 11) is -2.38. The van der Waals surface area contributed by atoms with E-state index in [2.05, 4.69) is 9.30 Å². The summed E-state index contributed by atoms with van der Waals surface area (Å²) in [5.74, 6) is -1.35. The van der Waals surface area contributed by atoms with Gasteiger partial charge in [-0.2, -0.15) is 4.72 Å². The molecule has 0 saturated carbocycles. The molecule has 1 unspecified atom stereocenters. The van der Waals surface area contributed by atoms with Crippen LogP contribution in [0.15, 0.2) is 33.7 Å². The quantitative estimate of drug-likeness (QED) is 0.476. The third kappa shape index (κ3) is 4.14. The van der Waals surface area contributed by atoms with Crippen molar-refractivity contribution >= 4 is 39.5 Å². The van der Waals surface area contributed by atoms with E-state index in [1.54, 1.807) is 13.0 Å². The minimum Gasteiger partial charge on any atom is -0.480 e. The summed E-state index contributed by atoms with van der Waals surface area (Å²) in [6, 6.07) is 5.80. The number of aliphatic carboxylic acids is 1. The molecule has 1 aliphatic rings. The molecule has 0 spiro atoms. The van der Waals surface area contributed by atoms with Crippen LogP contribution in [0.1, 0.15) is 26.2 Å². The fourth-order valence-corrected chi connectivity index (χ4v) is 6.50. The van der Waals surface area contributed by atoms with Gasteiger partial charge in [0, 0.05) is 16.5 Å². The predicted octanol–water partition coefficient (Wildman–Crippen LogP) is 2.73. The normalized spacial score (nSPS) is 20.0. The lowest BCUT2D eigenvalue weighted by Crippen LogP contribution is -2.69. The Bertz CT molecular complexity index is 812. The van der Waals surface area contributed by atoms with Gasteiger partial charge in [0.1, 0.15) is 10.4 Å². The van der Waals surface area contributed by atoms with E-state index in [0.29, 0.717) is 37.9 Å². The number of hydrogen-bond donors (Lipinski definition) is 2. The number of benzene rings is 1. The first-order chi connectivity index (χ1) is 12.6. The van der Waals surface area contributed by atoms with Gasteiger partial charge in [0.25, 0.3) is 0 Å². The minimum absolute atomic E-state index is 0.0148. The Morgan fingerprint density at radius 3 is 2.48 bits per heavy atom. The van der Waals surface area contributed by atoms with E-state index in [1.807, 2.05) is 11.9 Å². The van der Waals surface area contributed by atoms with Gasteiger partial charge in [-0.05, 0) is 51.5 Å². The summed E-state index contributed by atoms with van der Waals surface area (Å²) < 4.78 is 30.1. The summed E-state index contributed by atoms with van der Waals surface area (Å²) in [6.07, 6.45) is 0.536. The fourth-order valence-electron chi connectivity index (χ4n) is 3.47. The molecule has 0 aliphatic carbocycles. The van der Waals surface area contributed by atoms with Crippen LogP contribution >= 0.6 is 23.5 Å². The summed E-state index contributed by atoms with van der Waals surface area (Å²) >= 11 is 6.62. The Kier molecular flexibility index (Phi) is 6.91. The van der Waals surface area contributed by atoms with E-state index in [9.17, 15) is 23.2 Å². The molecule has 2 rings (SSSR count). The molecular weight excluding hydrogens is 414 g/mol. The van der Waals surface area contributed by atoms with Crippen LogP contribution in [0.3, 0.4) is 0 Å². The number of rotatable bonds is 8. The number of sulfonamides is 1. The summed E-state index contributed by atoms with van der Waals surface area (Å²) in [5.41, 5.74) is -1.91. The number of hydrogen-bond acceptors (Lipinski definition) is 7. The Labute approximate surface area is 167 Å². The standard InChI is InChI=1S/C16H22ClN3O5S2/c1-3-16(14(21)22,15(26-19-23)8-10-20(2)11-9-15)18-27(24,25)13-7-5-4-6-12(13)17/h4-7,18H,3,8-11H2,1-2H3,(H,21,22). The van der Waals surface area contributed by atoms with Gasteiger partial charge in [-0.15, -0.1) is 4.91 Å². The van der Waals surface area contributed by atoms with Crippen LogP contribution in [-0.2, 0) is 14.8 Å². The number of likely N-dealkylation sites (tertiary alicyclic amines) is 1. The highest BCUT2D eigenvalue weighted by Crippen LogP contribution is 2.47. The largest absolute Gasteiger partial charge is 0.480 e. The first-order valence-corrected chi connectivity index (χ1v) is 11.0. The number of carboxylic acid groups (broad SMARTS) is 1. The number of nitroso groups, excluding NO2 is 1. The molecule has 1 aliphatic heterocycles. The van der Waals surface area contributed by atoms with Gasteiger partial charge >= 0.3 is 5.97 Å². The first-order valence-electron chi connectivity index (χ1n) is 8.35. The highest BCUT2D eigenvalue weighted by molar-refractivity contribution is 7.99. The molecule has 8 nitrogen and oxygen atoms in total. The zero-order chi connectivity index (χ0) is 20.3. The number of nitrogens with one attached hydrogen (secondary N) is 1. The highest BCUT2D eigenvalue weighted by atomic mass is 35.5. The van der Waals surface area contributed by atoms with Gasteiger partial charge < -0.3 is 10.0 Å². The second-order valence-electron chi connectivity index (χ2n) is 6.56. The second kappa shape index (κ2) is 8.44. The van der Waals surface area contributed by atoms with Crippen LogP contribution < -0.4 is 4.72 Å². The lowest BCUT2D eigenvalue weighted by atomic mass is 9.75. The lowest BCUT2D eigenvalue weighted by molar-refractivity contribution is -0.146. The van der Waals surface area contributed by atoms with Crippen molar-refractivity contribution in [2.24, 2.45) is 4.58 Å². The number of piperidine rings is 1. The fraction of sp³-hybridized carbons (Fsp3) is 0.562. The number of nitrogens with zero attached hydrogens (tertiary/aromatic N) is 2. The van der Waals surface area contributed by atoms with Gasteiger partial charge in [0.15, 0.2) is 0 Å². The van der Waals surface area contributed by atoms with Crippen LogP contribution in [0.4, 0.5) is 0 Å². The molecule has 27 heavy (non-hydrogen) atoms. The average molecular weight is 436 g/mol. The van der Waals surface area contributed by atoms with Crippen molar-refractivity contribution in [2.75, 3.05) is 20.1 Å². The Balaban J connectivity index is 2.57. The van der Waals surface area contributed by atoms with Gasteiger partial charge in [0.2, 0.25) is 10.0 Å². The van der Waals surface area contributed by atoms with E-state index in [-0.39, 0.29) is 16.3 Å². The summed E-state index contributed by atoms with van der Waals surface area (Å²) in [4.78, 5) is 25.3. The lowest BCUT2D eigenvalue weighted by Gasteiger charge is -2.48. The summed E-state index contributed by atoms with van der Waals surface area (Å²) in [6.45, 7) is 2.62. The van der Waals surface area contributed by atoms with Gasteiger partial charge in [-0.25, -0.2) is 8.42 Å². The third-order valence-electron chi connectivity index (χ3n) is 5.11. The van der Waals surface area contributed by atoms with Crippen molar-refractivity contribution in [1.82, 2.24) is 9.62 Å². The van der Waals surface area contributed by atoms with Crippen molar-refractivity contribution < 1.29 is 18.3 Å². The number of halogens is 1. The third-order valence-corrected chi connectivity index (χ3v) is 8.29.